The van der Waals surface area contributed by atoms with Crippen LogP contribution in [0.3, 0.4) is 0 Å². The van der Waals surface area contributed by atoms with Crippen LogP contribution in [0, 0.1) is 6.92 Å². The number of rotatable bonds is 1. The molecule has 0 bridgehead atoms. The van der Waals surface area contributed by atoms with Crippen LogP contribution >= 0.6 is 0 Å². The zero-order valence-electron chi connectivity index (χ0n) is 10.6. The normalized spacial score (nSPS) is 23.0. The van der Waals surface area contributed by atoms with E-state index < -0.39 is 0 Å². The number of piperazine rings is 1. The maximum absolute atomic E-state index is 5.95. The monoisotopic (exact) mass is 249 g/mol. The van der Waals surface area contributed by atoms with Crippen LogP contribution in [0.5, 0.6) is 11.5 Å². The first-order valence-electron chi connectivity index (χ1n) is 6.38. The molecule has 18 heavy (non-hydrogen) atoms. The van der Waals surface area contributed by atoms with Crippen molar-refractivity contribution in [3.8, 4) is 11.5 Å². The Morgan fingerprint density at radius 3 is 3.00 bits per heavy atom. The molecule has 98 valence electrons. The van der Waals surface area contributed by atoms with Crippen LogP contribution in [0.25, 0.3) is 0 Å². The van der Waals surface area contributed by atoms with E-state index in [1.54, 1.807) is 0 Å². The van der Waals surface area contributed by atoms with Gasteiger partial charge in [0.2, 0.25) is 0 Å². The average Bonchev–Trinajstić information content (AvgIpc) is 2.37. The van der Waals surface area contributed by atoms with Gasteiger partial charge in [0.25, 0.3) is 0 Å². The highest BCUT2D eigenvalue weighted by atomic mass is 16.6. The lowest BCUT2D eigenvalue weighted by atomic mass is 10.1. The van der Waals surface area contributed by atoms with Gasteiger partial charge in [-0.2, -0.15) is 0 Å². The van der Waals surface area contributed by atoms with Crippen LogP contribution < -0.4 is 25.4 Å². The van der Waals surface area contributed by atoms with E-state index >= 15 is 0 Å². The van der Waals surface area contributed by atoms with Gasteiger partial charge in [-0.25, -0.2) is 0 Å². The first-order valence-corrected chi connectivity index (χ1v) is 6.38. The molecule has 5 nitrogen and oxygen atoms in total. The molecular weight excluding hydrogens is 230 g/mol. The van der Waals surface area contributed by atoms with Crippen molar-refractivity contribution in [1.82, 2.24) is 5.32 Å². The fourth-order valence-electron chi connectivity index (χ4n) is 2.50. The minimum absolute atomic E-state index is 0.0134. The molecule has 0 aliphatic carbocycles. The molecule has 2 aliphatic rings. The molecule has 1 unspecified atom stereocenters. The quantitative estimate of drug-likeness (QED) is 0.757. The molecule has 3 N–H and O–H groups in total. The van der Waals surface area contributed by atoms with Crippen LogP contribution in [0.15, 0.2) is 12.1 Å². The van der Waals surface area contributed by atoms with E-state index in [4.69, 9.17) is 15.2 Å². The summed E-state index contributed by atoms with van der Waals surface area (Å²) in [4.78, 5) is 2.27. The van der Waals surface area contributed by atoms with Crippen molar-refractivity contribution >= 4 is 5.69 Å². The molecule has 2 heterocycles. The SMILES string of the molecule is Cc1cc2c(c(N3CCNC(N)C3)c1)OCCO2. The summed E-state index contributed by atoms with van der Waals surface area (Å²) < 4.78 is 11.4. The number of nitrogens with two attached hydrogens (primary N) is 1. The van der Waals surface area contributed by atoms with E-state index in [0.29, 0.717) is 13.2 Å². The van der Waals surface area contributed by atoms with Gasteiger partial charge in [-0.1, -0.05) is 0 Å². The lowest BCUT2D eigenvalue weighted by Gasteiger charge is -2.35. The van der Waals surface area contributed by atoms with Gasteiger partial charge < -0.3 is 20.1 Å². The van der Waals surface area contributed by atoms with Crippen molar-refractivity contribution in [3.63, 3.8) is 0 Å². The summed E-state index contributed by atoms with van der Waals surface area (Å²) in [6, 6.07) is 4.17. The molecular formula is C13H19N3O2. The third-order valence-electron chi connectivity index (χ3n) is 3.31. The zero-order chi connectivity index (χ0) is 12.5. The van der Waals surface area contributed by atoms with Gasteiger partial charge in [-0.05, 0) is 24.6 Å². The molecule has 1 fully saturated rings. The molecule has 3 rings (SSSR count). The number of anilines is 1. The van der Waals surface area contributed by atoms with Crippen LogP contribution in [0.1, 0.15) is 5.56 Å². The second kappa shape index (κ2) is 4.66. The number of nitrogens with zero attached hydrogens (tertiary/aromatic N) is 1. The number of nitrogens with one attached hydrogen (secondary N) is 1. The molecule has 1 aromatic carbocycles. The standard InChI is InChI=1S/C13H19N3O2/c1-9-6-10(16-3-2-15-12(14)8-16)13-11(7-9)17-4-5-18-13/h6-7,12,15H,2-5,8,14H2,1H3. The number of hydrogen-bond acceptors (Lipinski definition) is 5. The molecule has 5 heteroatoms. The van der Waals surface area contributed by atoms with Gasteiger partial charge in [0.05, 0.1) is 11.9 Å². The maximum Gasteiger partial charge on any atom is 0.184 e. The Labute approximate surface area is 107 Å². The molecule has 1 atom stereocenters. The summed E-state index contributed by atoms with van der Waals surface area (Å²) in [6.07, 6.45) is 0.0134. The molecule has 0 radical (unpaired) electrons. The summed E-state index contributed by atoms with van der Waals surface area (Å²) >= 11 is 0. The molecule has 1 aromatic rings. The summed E-state index contributed by atoms with van der Waals surface area (Å²) in [6.45, 7) is 5.93. The summed E-state index contributed by atoms with van der Waals surface area (Å²) in [7, 11) is 0. The lowest BCUT2D eigenvalue weighted by Crippen LogP contribution is -2.55. The average molecular weight is 249 g/mol. The van der Waals surface area contributed by atoms with Crippen molar-refractivity contribution in [1.29, 1.82) is 0 Å². The Bertz CT molecular complexity index is 450. The van der Waals surface area contributed by atoms with Crippen molar-refractivity contribution in [2.75, 3.05) is 37.7 Å². The van der Waals surface area contributed by atoms with E-state index in [1.807, 2.05) is 6.07 Å². The minimum atomic E-state index is 0.0134. The highest BCUT2D eigenvalue weighted by molar-refractivity contribution is 5.67. The predicted octanol–water partition coefficient (Wildman–Crippen LogP) is 0.461. The van der Waals surface area contributed by atoms with Crippen molar-refractivity contribution < 1.29 is 9.47 Å². The van der Waals surface area contributed by atoms with Crippen molar-refractivity contribution in [2.45, 2.75) is 13.1 Å². The van der Waals surface area contributed by atoms with Crippen LogP contribution in [0.4, 0.5) is 5.69 Å². The minimum Gasteiger partial charge on any atom is -0.486 e. The number of fused-ring (bicyclic) bond motifs is 1. The predicted molar refractivity (Wildman–Crippen MR) is 70.4 cm³/mol. The van der Waals surface area contributed by atoms with Gasteiger partial charge in [0.15, 0.2) is 11.5 Å². The largest absolute Gasteiger partial charge is 0.486 e. The highest BCUT2D eigenvalue weighted by Crippen LogP contribution is 2.40. The lowest BCUT2D eigenvalue weighted by molar-refractivity contribution is 0.171. The van der Waals surface area contributed by atoms with Crippen LogP contribution in [0.2, 0.25) is 0 Å². The second-order valence-electron chi connectivity index (χ2n) is 4.81. The Morgan fingerprint density at radius 2 is 2.17 bits per heavy atom. The van der Waals surface area contributed by atoms with E-state index in [2.05, 4.69) is 23.2 Å². The number of benzene rings is 1. The summed E-state index contributed by atoms with van der Waals surface area (Å²) in [5, 5.41) is 3.24. The fraction of sp³-hybridized carbons (Fsp3) is 0.538. The maximum atomic E-state index is 5.95. The molecule has 0 amide bonds. The van der Waals surface area contributed by atoms with Crippen LogP contribution in [-0.4, -0.2) is 39.0 Å². The molecule has 2 aliphatic heterocycles. The van der Waals surface area contributed by atoms with Gasteiger partial charge in [0, 0.05) is 19.6 Å². The third kappa shape index (κ3) is 2.11. The van der Waals surface area contributed by atoms with Gasteiger partial charge >= 0.3 is 0 Å². The Morgan fingerprint density at radius 1 is 1.33 bits per heavy atom. The van der Waals surface area contributed by atoms with E-state index in [1.165, 1.54) is 5.56 Å². The molecule has 1 saturated heterocycles. The van der Waals surface area contributed by atoms with Gasteiger partial charge in [0.1, 0.15) is 13.2 Å². The summed E-state index contributed by atoms with van der Waals surface area (Å²) in [5.41, 5.74) is 8.23. The Kier molecular flexibility index (Phi) is 3.01. The van der Waals surface area contributed by atoms with E-state index in [9.17, 15) is 0 Å². The topological polar surface area (TPSA) is 59.8 Å². The van der Waals surface area contributed by atoms with E-state index in [0.717, 1.165) is 36.8 Å². The molecule has 0 spiro atoms. The highest BCUT2D eigenvalue weighted by Gasteiger charge is 2.24. The number of hydrogen-bond donors (Lipinski definition) is 2. The third-order valence-corrected chi connectivity index (χ3v) is 3.31. The zero-order valence-corrected chi connectivity index (χ0v) is 10.6. The van der Waals surface area contributed by atoms with Crippen LogP contribution in [-0.2, 0) is 0 Å². The Balaban J connectivity index is 1.97. The summed E-state index contributed by atoms with van der Waals surface area (Å²) in [5.74, 6) is 1.71. The fourth-order valence-corrected chi connectivity index (χ4v) is 2.50. The number of ether oxygens (including phenoxy) is 2. The first kappa shape index (κ1) is 11.6. The molecule has 0 saturated carbocycles. The number of aryl methyl sites for hydroxylation is 1. The van der Waals surface area contributed by atoms with Crippen molar-refractivity contribution in [2.24, 2.45) is 5.73 Å². The van der Waals surface area contributed by atoms with Crippen molar-refractivity contribution in [3.05, 3.63) is 17.7 Å². The second-order valence-corrected chi connectivity index (χ2v) is 4.81. The molecule has 0 aromatic heterocycles. The van der Waals surface area contributed by atoms with E-state index in [-0.39, 0.29) is 6.17 Å². The Hall–Kier alpha value is -1.46. The first-order chi connectivity index (χ1) is 8.74. The van der Waals surface area contributed by atoms with Gasteiger partial charge in [-0.15, -0.1) is 0 Å². The van der Waals surface area contributed by atoms with Gasteiger partial charge in [-0.3, -0.25) is 5.32 Å². The smallest absolute Gasteiger partial charge is 0.184 e.